The molecule has 3 atom stereocenters. The largest absolute Gasteiger partial charge is 0.508 e. The van der Waals surface area contributed by atoms with Gasteiger partial charge in [0.2, 0.25) is 0 Å². The number of aliphatic hydroxyl groups excluding tert-OH is 1. The Morgan fingerprint density at radius 2 is 2.08 bits per heavy atom. The second kappa shape index (κ2) is 7.83. The maximum Gasteiger partial charge on any atom is 0.115 e. The number of rotatable bonds is 5. The van der Waals surface area contributed by atoms with Gasteiger partial charge in [0.05, 0.1) is 19.8 Å². The molecule has 1 aromatic rings. The first kappa shape index (κ1) is 19.0. The SMILES string of the molecule is Cl.OCCOCCN1CC[C@]23CCCC[C@H]2[C@H]1Cc1ccc(O)cc13. The van der Waals surface area contributed by atoms with Gasteiger partial charge in [0.1, 0.15) is 5.75 Å². The standard InChI is InChI=1S/C20H29NO3.ClH/c22-10-12-24-11-9-21-8-7-20-6-2-1-3-17(20)19(21)13-15-4-5-16(23)14-18(15)20;/h4-5,14,17,19,22-23H,1-3,6-13H2;1H/t17-,19+,20+;/m0./s1. The number of aliphatic hydroxyl groups is 1. The third kappa shape index (κ3) is 3.30. The Labute approximate surface area is 156 Å². The number of phenolic OH excluding ortho intramolecular Hbond substituents is 1. The molecule has 0 aromatic heterocycles. The van der Waals surface area contributed by atoms with E-state index < -0.39 is 0 Å². The number of ether oxygens (including phenoxy) is 1. The molecule has 2 N–H and O–H groups in total. The smallest absolute Gasteiger partial charge is 0.115 e. The van der Waals surface area contributed by atoms with Crippen LogP contribution in [-0.2, 0) is 16.6 Å². The van der Waals surface area contributed by atoms with Crippen LogP contribution in [0.15, 0.2) is 18.2 Å². The van der Waals surface area contributed by atoms with Crippen LogP contribution in [0, 0.1) is 5.92 Å². The van der Waals surface area contributed by atoms with Crippen LogP contribution in [0.3, 0.4) is 0 Å². The number of hydrogen-bond donors (Lipinski definition) is 2. The molecular formula is C20H30ClNO3. The van der Waals surface area contributed by atoms with Crippen LogP contribution in [0.1, 0.15) is 43.2 Å². The van der Waals surface area contributed by atoms with E-state index in [4.69, 9.17) is 9.84 Å². The highest BCUT2D eigenvalue weighted by atomic mass is 35.5. The molecule has 1 saturated heterocycles. The molecule has 4 rings (SSSR count). The molecule has 1 aromatic carbocycles. The first-order valence-corrected chi connectivity index (χ1v) is 9.50. The van der Waals surface area contributed by atoms with Crippen LogP contribution in [0.4, 0.5) is 0 Å². The van der Waals surface area contributed by atoms with E-state index in [1.807, 2.05) is 6.07 Å². The minimum atomic E-state index is 0. The van der Waals surface area contributed by atoms with E-state index in [9.17, 15) is 5.11 Å². The summed E-state index contributed by atoms with van der Waals surface area (Å²) < 4.78 is 5.52. The Hall–Kier alpha value is -0.810. The number of hydrogen-bond acceptors (Lipinski definition) is 4. The molecule has 0 unspecified atom stereocenters. The Balaban J connectivity index is 0.00000182. The minimum Gasteiger partial charge on any atom is -0.508 e. The van der Waals surface area contributed by atoms with Gasteiger partial charge in [0.15, 0.2) is 0 Å². The van der Waals surface area contributed by atoms with Crippen LogP contribution in [0.25, 0.3) is 0 Å². The summed E-state index contributed by atoms with van der Waals surface area (Å²) in [5.41, 5.74) is 3.18. The van der Waals surface area contributed by atoms with Gasteiger partial charge in [-0.25, -0.2) is 0 Å². The zero-order valence-electron chi connectivity index (χ0n) is 14.8. The summed E-state index contributed by atoms with van der Waals surface area (Å²) in [6.45, 7) is 3.34. The van der Waals surface area contributed by atoms with Gasteiger partial charge < -0.3 is 14.9 Å². The van der Waals surface area contributed by atoms with Crippen molar-refractivity contribution in [3.63, 3.8) is 0 Å². The van der Waals surface area contributed by atoms with Gasteiger partial charge in [-0.2, -0.15) is 0 Å². The quantitative estimate of drug-likeness (QED) is 0.786. The first-order chi connectivity index (χ1) is 11.7. The van der Waals surface area contributed by atoms with Gasteiger partial charge in [0.25, 0.3) is 0 Å². The summed E-state index contributed by atoms with van der Waals surface area (Å²) >= 11 is 0. The number of benzene rings is 1. The van der Waals surface area contributed by atoms with Crippen LogP contribution >= 0.6 is 12.4 Å². The molecule has 3 aliphatic rings. The molecule has 1 heterocycles. The molecule has 0 spiro atoms. The van der Waals surface area contributed by atoms with Crippen molar-refractivity contribution >= 4 is 12.4 Å². The highest BCUT2D eigenvalue weighted by Gasteiger charge is 2.53. The number of phenols is 1. The topological polar surface area (TPSA) is 52.9 Å². The average Bonchev–Trinajstić information content (AvgIpc) is 2.61. The van der Waals surface area contributed by atoms with E-state index in [2.05, 4.69) is 17.0 Å². The van der Waals surface area contributed by atoms with Gasteiger partial charge >= 0.3 is 0 Å². The summed E-state index contributed by atoms with van der Waals surface area (Å²) in [7, 11) is 0. The fraction of sp³-hybridized carbons (Fsp3) is 0.700. The van der Waals surface area contributed by atoms with Gasteiger partial charge in [-0.05, 0) is 61.4 Å². The summed E-state index contributed by atoms with van der Waals surface area (Å²) in [5.74, 6) is 1.14. The summed E-state index contributed by atoms with van der Waals surface area (Å²) in [6, 6.07) is 6.66. The van der Waals surface area contributed by atoms with E-state index in [-0.39, 0.29) is 24.4 Å². The van der Waals surface area contributed by atoms with Crippen LogP contribution in [0.5, 0.6) is 5.75 Å². The number of fused-ring (bicyclic) bond motifs is 1. The molecular weight excluding hydrogens is 338 g/mol. The van der Waals surface area contributed by atoms with Crippen molar-refractivity contribution in [1.29, 1.82) is 0 Å². The number of halogens is 1. The maximum atomic E-state index is 10.0. The van der Waals surface area contributed by atoms with E-state index in [0.717, 1.165) is 19.5 Å². The van der Waals surface area contributed by atoms with Crippen LogP contribution in [0.2, 0.25) is 0 Å². The zero-order valence-corrected chi connectivity index (χ0v) is 15.6. The monoisotopic (exact) mass is 367 g/mol. The summed E-state index contributed by atoms with van der Waals surface area (Å²) in [4.78, 5) is 2.63. The third-order valence-corrected chi connectivity index (χ3v) is 6.69. The van der Waals surface area contributed by atoms with E-state index in [1.54, 1.807) is 0 Å². The number of piperidine rings is 1. The van der Waals surface area contributed by atoms with Crippen molar-refractivity contribution in [2.24, 2.45) is 5.92 Å². The van der Waals surface area contributed by atoms with E-state index in [0.29, 0.717) is 30.9 Å². The van der Waals surface area contributed by atoms with Crippen LogP contribution in [-0.4, -0.2) is 54.1 Å². The highest BCUT2D eigenvalue weighted by Crippen LogP contribution is 2.56. The lowest BCUT2D eigenvalue weighted by Crippen LogP contribution is -2.61. The Morgan fingerprint density at radius 1 is 1.20 bits per heavy atom. The van der Waals surface area contributed by atoms with Crippen molar-refractivity contribution < 1.29 is 14.9 Å². The molecule has 0 radical (unpaired) electrons. The maximum absolute atomic E-state index is 10.0. The van der Waals surface area contributed by atoms with Crippen molar-refractivity contribution in [2.75, 3.05) is 32.9 Å². The molecule has 2 aliphatic carbocycles. The number of aromatic hydroxyl groups is 1. The molecule has 5 heteroatoms. The predicted octanol–water partition coefficient (Wildman–Crippen LogP) is 2.88. The molecule has 140 valence electrons. The van der Waals surface area contributed by atoms with Gasteiger partial charge in [0, 0.05) is 18.0 Å². The third-order valence-electron chi connectivity index (χ3n) is 6.69. The first-order valence-electron chi connectivity index (χ1n) is 9.50. The molecule has 2 fully saturated rings. The molecule has 0 amide bonds. The van der Waals surface area contributed by atoms with Crippen LogP contribution < -0.4 is 0 Å². The lowest BCUT2D eigenvalue weighted by atomic mass is 9.52. The Bertz CT molecular complexity index is 596. The normalized spacial score (nSPS) is 30.9. The van der Waals surface area contributed by atoms with Crippen molar-refractivity contribution in [2.45, 2.75) is 50.0 Å². The van der Waals surface area contributed by atoms with Crippen molar-refractivity contribution in [3.8, 4) is 5.75 Å². The molecule has 2 bridgehead atoms. The molecule has 1 aliphatic heterocycles. The highest BCUT2D eigenvalue weighted by molar-refractivity contribution is 5.85. The summed E-state index contributed by atoms with van der Waals surface area (Å²) in [6.07, 6.45) is 7.55. The van der Waals surface area contributed by atoms with Crippen molar-refractivity contribution in [3.05, 3.63) is 29.3 Å². The molecule has 25 heavy (non-hydrogen) atoms. The number of nitrogens with zero attached hydrogens (tertiary/aromatic N) is 1. The lowest BCUT2D eigenvalue weighted by molar-refractivity contribution is -0.0263. The molecule has 1 saturated carbocycles. The second-order valence-corrected chi connectivity index (χ2v) is 7.74. The van der Waals surface area contributed by atoms with Crippen molar-refractivity contribution in [1.82, 2.24) is 4.90 Å². The van der Waals surface area contributed by atoms with E-state index in [1.165, 1.54) is 43.2 Å². The van der Waals surface area contributed by atoms with E-state index >= 15 is 0 Å². The number of likely N-dealkylation sites (tertiary alicyclic amines) is 1. The Kier molecular flexibility index (Phi) is 5.94. The fourth-order valence-electron chi connectivity index (χ4n) is 5.70. The van der Waals surface area contributed by atoms with Gasteiger partial charge in [-0.15, -0.1) is 12.4 Å². The second-order valence-electron chi connectivity index (χ2n) is 7.74. The van der Waals surface area contributed by atoms with Gasteiger partial charge in [-0.1, -0.05) is 18.9 Å². The predicted molar refractivity (Wildman–Crippen MR) is 101 cm³/mol. The lowest BCUT2D eigenvalue weighted by Gasteiger charge is -2.59. The average molecular weight is 368 g/mol. The molecule has 4 nitrogen and oxygen atoms in total. The Morgan fingerprint density at radius 3 is 2.92 bits per heavy atom. The fourth-order valence-corrected chi connectivity index (χ4v) is 5.70. The zero-order chi connectivity index (χ0) is 16.6. The minimum absolute atomic E-state index is 0. The van der Waals surface area contributed by atoms with Gasteiger partial charge in [-0.3, -0.25) is 4.90 Å². The summed E-state index contributed by atoms with van der Waals surface area (Å²) in [5, 5.41) is 18.9.